The molecule has 2 heteroatoms. The van der Waals surface area contributed by atoms with Crippen LogP contribution in [0, 0.1) is 0 Å². The summed E-state index contributed by atoms with van der Waals surface area (Å²) in [6, 6.07) is 1.49. The van der Waals surface area contributed by atoms with Crippen molar-refractivity contribution in [3.8, 4) is 0 Å². The molecule has 0 radical (unpaired) electrons. The Hall–Kier alpha value is 0.0500. The first kappa shape index (κ1) is 11.1. The molecule has 0 amide bonds. The Kier molecular flexibility index (Phi) is 4.33. The molecular formula is C11H21NS. The van der Waals surface area contributed by atoms with E-state index in [1.165, 1.54) is 23.6 Å². The largest absolute Gasteiger partial charge is 0.296 e. The Labute approximate surface area is 86.6 Å². The van der Waals surface area contributed by atoms with E-state index in [1.807, 2.05) is 0 Å². The Morgan fingerprint density at radius 3 is 2.38 bits per heavy atom. The summed E-state index contributed by atoms with van der Waals surface area (Å²) in [5.41, 5.74) is 1.30. The van der Waals surface area contributed by atoms with E-state index in [0.717, 1.165) is 18.5 Å². The summed E-state index contributed by atoms with van der Waals surface area (Å²) in [6.07, 6.45) is 1.15. The smallest absolute Gasteiger partial charge is 0.0161 e. The van der Waals surface area contributed by atoms with E-state index < -0.39 is 0 Å². The van der Waals surface area contributed by atoms with Gasteiger partial charge in [-0.2, -0.15) is 11.8 Å². The molecule has 0 aromatic carbocycles. The van der Waals surface area contributed by atoms with Crippen molar-refractivity contribution in [2.45, 2.75) is 39.3 Å². The van der Waals surface area contributed by atoms with Gasteiger partial charge in [-0.15, -0.1) is 6.58 Å². The number of nitrogens with zero attached hydrogens (tertiary/aromatic N) is 1. The van der Waals surface area contributed by atoms with Crippen LogP contribution in [0.25, 0.3) is 0 Å². The molecule has 1 rings (SSSR count). The predicted molar refractivity (Wildman–Crippen MR) is 62.4 cm³/mol. The summed E-state index contributed by atoms with van der Waals surface area (Å²) >= 11 is 2.09. The molecule has 2 unspecified atom stereocenters. The summed E-state index contributed by atoms with van der Waals surface area (Å²) in [6.45, 7) is 11.9. The molecular weight excluding hydrogens is 178 g/mol. The molecule has 0 N–H and O–H groups in total. The van der Waals surface area contributed by atoms with Crippen LogP contribution in [-0.4, -0.2) is 35.0 Å². The third kappa shape index (κ3) is 3.35. The molecule has 1 heterocycles. The zero-order valence-electron chi connectivity index (χ0n) is 9.05. The van der Waals surface area contributed by atoms with E-state index in [9.17, 15) is 0 Å². The van der Waals surface area contributed by atoms with E-state index in [1.54, 1.807) is 0 Å². The highest BCUT2D eigenvalue weighted by atomic mass is 32.2. The van der Waals surface area contributed by atoms with Crippen LogP contribution >= 0.6 is 11.8 Å². The maximum absolute atomic E-state index is 3.96. The fourth-order valence-electron chi connectivity index (χ4n) is 1.80. The van der Waals surface area contributed by atoms with Crippen LogP contribution in [0.2, 0.25) is 0 Å². The normalized spacial score (nSPS) is 30.4. The minimum atomic E-state index is 0.744. The fraction of sp³-hybridized carbons (Fsp3) is 0.818. The van der Waals surface area contributed by atoms with Crippen LogP contribution < -0.4 is 0 Å². The molecule has 0 saturated carbocycles. The summed E-state index contributed by atoms with van der Waals surface area (Å²) in [7, 11) is 0. The van der Waals surface area contributed by atoms with Crippen LogP contribution in [0.1, 0.15) is 27.2 Å². The molecule has 0 spiro atoms. The van der Waals surface area contributed by atoms with Crippen LogP contribution in [0.3, 0.4) is 0 Å². The second-order valence-corrected chi connectivity index (χ2v) is 5.26. The van der Waals surface area contributed by atoms with Crippen LogP contribution in [-0.2, 0) is 0 Å². The van der Waals surface area contributed by atoms with Crippen molar-refractivity contribution < 1.29 is 0 Å². The zero-order valence-corrected chi connectivity index (χ0v) is 9.86. The third-order valence-corrected chi connectivity index (χ3v) is 4.08. The molecule has 2 atom stereocenters. The van der Waals surface area contributed by atoms with Crippen LogP contribution in [0.5, 0.6) is 0 Å². The number of hydrogen-bond acceptors (Lipinski definition) is 2. The molecule has 0 aliphatic carbocycles. The van der Waals surface area contributed by atoms with Crippen molar-refractivity contribution >= 4 is 11.8 Å². The molecule has 76 valence electrons. The SMILES string of the molecule is C=C(C)CCN1C(C)CSCC1C. The summed E-state index contributed by atoms with van der Waals surface area (Å²) in [5.74, 6) is 2.58. The van der Waals surface area contributed by atoms with Gasteiger partial charge in [0.05, 0.1) is 0 Å². The van der Waals surface area contributed by atoms with Crippen molar-refractivity contribution in [1.29, 1.82) is 0 Å². The summed E-state index contributed by atoms with van der Waals surface area (Å²) < 4.78 is 0. The number of rotatable bonds is 3. The van der Waals surface area contributed by atoms with Crippen molar-refractivity contribution in [2.75, 3.05) is 18.1 Å². The van der Waals surface area contributed by atoms with Gasteiger partial charge < -0.3 is 0 Å². The quantitative estimate of drug-likeness (QED) is 0.643. The van der Waals surface area contributed by atoms with Gasteiger partial charge in [-0.25, -0.2) is 0 Å². The lowest BCUT2D eigenvalue weighted by Crippen LogP contribution is -2.46. The van der Waals surface area contributed by atoms with Crippen molar-refractivity contribution in [1.82, 2.24) is 4.90 Å². The highest BCUT2D eigenvalue weighted by molar-refractivity contribution is 7.99. The van der Waals surface area contributed by atoms with E-state index >= 15 is 0 Å². The van der Waals surface area contributed by atoms with Crippen LogP contribution in [0.4, 0.5) is 0 Å². The van der Waals surface area contributed by atoms with Gasteiger partial charge >= 0.3 is 0 Å². The van der Waals surface area contributed by atoms with Gasteiger partial charge in [0.2, 0.25) is 0 Å². The molecule has 1 aliphatic rings. The van der Waals surface area contributed by atoms with E-state index in [-0.39, 0.29) is 0 Å². The Morgan fingerprint density at radius 2 is 1.92 bits per heavy atom. The van der Waals surface area contributed by atoms with Crippen molar-refractivity contribution in [2.24, 2.45) is 0 Å². The molecule has 1 fully saturated rings. The first-order valence-corrected chi connectivity index (χ1v) is 6.24. The minimum Gasteiger partial charge on any atom is -0.296 e. The average molecular weight is 199 g/mol. The second-order valence-electron chi connectivity index (χ2n) is 4.18. The van der Waals surface area contributed by atoms with E-state index in [4.69, 9.17) is 0 Å². The van der Waals surface area contributed by atoms with E-state index in [0.29, 0.717) is 0 Å². The molecule has 0 bridgehead atoms. The fourth-order valence-corrected chi connectivity index (χ4v) is 3.00. The predicted octanol–water partition coefficient (Wildman–Crippen LogP) is 2.78. The standard InChI is InChI=1S/C11H21NS/c1-9(2)5-6-12-10(3)7-13-8-11(12)4/h10-11H,1,5-8H2,2-4H3. The lowest BCUT2D eigenvalue weighted by atomic mass is 10.1. The summed E-state index contributed by atoms with van der Waals surface area (Å²) in [4.78, 5) is 2.62. The molecule has 0 aromatic heterocycles. The summed E-state index contributed by atoms with van der Waals surface area (Å²) in [5, 5.41) is 0. The lowest BCUT2D eigenvalue weighted by Gasteiger charge is -2.38. The first-order chi connectivity index (χ1) is 6.11. The van der Waals surface area contributed by atoms with Gasteiger partial charge in [0.15, 0.2) is 0 Å². The highest BCUT2D eigenvalue weighted by Crippen LogP contribution is 2.21. The first-order valence-electron chi connectivity index (χ1n) is 5.09. The monoisotopic (exact) mass is 199 g/mol. The van der Waals surface area contributed by atoms with E-state index in [2.05, 4.69) is 44.0 Å². The van der Waals surface area contributed by atoms with Gasteiger partial charge in [-0.3, -0.25) is 4.90 Å². The second kappa shape index (κ2) is 5.06. The van der Waals surface area contributed by atoms with Crippen molar-refractivity contribution in [3.63, 3.8) is 0 Å². The minimum absolute atomic E-state index is 0.744. The third-order valence-electron chi connectivity index (χ3n) is 2.65. The zero-order chi connectivity index (χ0) is 9.84. The molecule has 1 saturated heterocycles. The Balaban J connectivity index is 2.39. The molecule has 1 nitrogen and oxygen atoms in total. The highest BCUT2D eigenvalue weighted by Gasteiger charge is 2.24. The molecule has 0 aromatic rings. The number of hydrogen-bond donors (Lipinski definition) is 0. The number of thioether (sulfide) groups is 1. The average Bonchev–Trinajstić information content (AvgIpc) is 2.03. The van der Waals surface area contributed by atoms with Crippen LogP contribution in [0.15, 0.2) is 12.2 Å². The van der Waals surface area contributed by atoms with Gasteiger partial charge in [0.1, 0.15) is 0 Å². The van der Waals surface area contributed by atoms with Gasteiger partial charge in [-0.05, 0) is 27.2 Å². The maximum Gasteiger partial charge on any atom is 0.0161 e. The Morgan fingerprint density at radius 1 is 1.38 bits per heavy atom. The lowest BCUT2D eigenvalue weighted by molar-refractivity contribution is 0.176. The van der Waals surface area contributed by atoms with Gasteiger partial charge in [0, 0.05) is 30.1 Å². The molecule has 13 heavy (non-hydrogen) atoms. The molecule has 1 aliphatic heterocycles. The van der Waals surface area contributed by atoms with Gasteiger partial charge in [-0.1, -0.05) is 5.57 Å². The van der Waals surface area contributed by atoms with Crippen molar-refractivity contribution in [3.05, 3.63) is 12.2 Å². The topological polar surface area (TPSA) is 3.24 Å². The Bertz CT molecular complexity index is 169. The maximum atomic E-state index is 3.96. The van der Waals surface area contributed by atoms with Gasteiger partial charge in [0.25, 0.3) is 0 Å².